The monoisotopic (exact) mass is 300 g/mol. The molecule has 0 aliphatic carbocycles. The first-order chi connectivity index (χ1) is 10.4. The van der Waals surface area contributed by atoms with Crippen LogP contribution in [0.1, 0.15) is 22.3 Å². The topological polar surface area (TPSA) is 32.3 Å². The highest BCUT2D eigenvalue weighted by Crippen LogP contribution is 2.22. The predicted molar refractivity (Wildman–Crippen MR) is 87.5 cm³/mol. The van der Waals surface area contributed by atoms with Crippen molar-refractivity contribution in [2.75, 3.05) is 12.4 Å². The molecule has 116 valence electrons. The van der Waals surface area contributed by atoms with Gasteiger partial charge in [0.15, 0.2) is 0 Å². The summed E-state index contributed by atoms with van der Waals surface area (Å²) in [6.07, 6.45) is 0. The number of carbonyl (C=O) groups excluding carboxylic acids is 1. The van der Waals surface area contributed by atoms with Crippen molar-refractivity contribution < 1.29 is 9.18 Å². The number of hydrogen-bond donors (Lipinski definition) is 1. The lowest BCUT2D eigenvalue weighted by Crippen LogP contribution is -2.31. The Kier molecular flexibility index (Phi) is 4.81. The summed E-state index contributed by atoms with van der Waals surface area (Å²) in [5, 5.41) is 2.93. The van der Waals surface area contributed by atoms with Crippen LogP contribution in [0.3, 0.4) is 0 Å². The van der Waals surface area contributed by atoms with Gasteiger partial charge in [-0.05, 0) is 49.6 Å². The van der Waals surface area contributed by atoms with Crippen molar-refractivity contribution in [2.45, 2.75) is 27.3 Å². The van der Waals surface area contributed by atoms with Crippen LogP contribution in [0.25, 0.3) is 0 Å². The summed E-state index contributed by atoms with van der Waals surface area (Å²) in [4.78, 5) is 13.8. The van der Waals surface area contributed by atoms with Crippen LogP contribution in [0, 0.1) is 26.6 Å². The molecule has 2 amide bonds. The third-order valence-corrected chi connectivity index (χ3v) is 3.56. The van der Waals surface area contributed by atoms with E-state index in [2.05, 4.69) is 5.32 Å². The molecule has 4 heteroatoms. The fraction of sp³-hybridized carbons (Fsp3) is 0.278. The lowest BCUT2D eigenvalue weighted by atomic mass is 10.1. The molecule has 0 bridgehead atoms. The standard InChI is InChI=1S/C18H21FN2O/c1-12-8-13(2)17(14(3)9-12)20-18(22)21(4)11-15-6-5-7-16(19)10-15/h5-10H,11H2,1-4H3,(H,20,22). The highest BCUT2D eigenvalue weighted by Gasteiger charge is 2.12. The van der Waals surface area contributed by atoms with Gasteiger partial charge < -0.3 is 10.2 Å². The minimum atomic E-state index is -0.295. The summed E-state index contributed by atoms with van der Waals surface area (Å²) in [6, 6.07) is 10.1. The minimum Gasteiger partial charge on any atom is -0.323 e. The Morgan fingerprint density at radius 1 is 1.14 bits per heavy atom. The fourth-order valence-electron chi connectivity index (χ4n) is 2.56. The molecular weight excluding hydrogens is 279 g/mol. The molecule has 0 fully saturated rings. The van der Waals surface area contributed by atoms with Crippen LogP contribution < -0.4 is 5.32 Å². The van der Waals surface area contributed by atoms with Crippen molar-refractivity contribution in [3.8, 4) is 0 Å². The van der Waals surface area contributed by atoms with Crippen molar-refractivity contribution in [1.29, 1.82) is 0 Å². The SMILES string of the molecule is Cc1cc(C)c(NC(=O)N(C)Cc2cccc(F)c2)c(C)c1. The number of nitrogens with one attached hydrogen (secondary N) is 1. The molecule has 0 saturated heterocycles. The Labute approximate surface area is 130 Å². The number of halogens is 1. The maximum Gasteiger partial charge on any atom is 0.321 e. The molecule has 0 heterocycles. The molecule has 1 N–H and O–H groups in total. The summed E-state index contributed by atoms with van der Waals surface area (Å²) in [5.41, 5.74) is 4.83. The van der Waals surface area contributed by atoms with E-state index >= 15 is 0 Å². The number of amides is 2. The molecule has 0 aromatic heterocycles. The first-order valence-electron chi connectivity index (χ1n) is 7.21. The van der Waals surface area contributed by atoms with Gasteiger partial charge in [-0.2, -0.15) is 0 Å². The number of nitrogens with zero attached hydrogens (tertiary/aromatic N) is 1. The molecule has 2 rings (SSSR count). The van der Waals surface area contributed by atoms with Gasteiger partial charge >= 0.3 is 6.03 Å². The van der Waals surface area contributed by atoms with E-state index in [4.69, 9.17) is 0 Å². The van der Waals surface area contributed by atoms with E-state index in [0.717, 1.165) is 22.4 Å². The van der Waals surface area contributed by atoms with Crippen LogP contribution in [0.5, 0.6) is 0 Å². The summed E-state index contributed by atoms with van der Waals surface area (Å²) >= 11 is 0. The zero-order chi connectivity index (χ0) is 16.3. The van der Waals surface area contributed by atoms with Crippen LogP contribution in [0.2, 0.25) is 0 Å². The molecule has 2 aromatic rings. The number of rotatable bonds is 3. The molecule has 2 aromatic carbocycles. The van der Waals surface area contributed by atoms with Crippen LogP contribution in [0.15, 0.2) is 36.4 Å². The summed E-state index contributed by atoms with van der Waals surface area (Å²) < 4.78 is 13.2. The third kappa shape index (κ3) is 3.85. The van der Waals surface area contributed by atoms with Crippen LogP contribution in [-0.4, -0.2) is 18.0 Å². The van der Waals surface area contributed by atoms with Crippen LogP contribution in [-0.2, 0) is 6.54 Å². The normalized spacial score (nSPS) is 10.4. The van der Waals surface area contributed by atoms with E-state index in [9.17, 15) is 9.18 Å². The van der Waals surface area contributed by atoms with E-state index in [1.807, 2.05) is 32.9 Å². The van der Waals surface area contributed by atoms with Gasteiger partial charge in [0, 0.05) is 19.3 Å². The average molecular weight is 300 g/mol. The average Bonchev–Trinajstić information content (AvgIpc) is 2.42. The van der Waals surface area contributed by atoms with Crippen molar-refractivity contribution in [3.63, 3.8) is 0 Å². The summed E-state index contributed by atoms with van der Waals surface area (Å²) in [7, 11) is 1.69. The molecule has 22 heavy (non-hydrogen) atoms. The molecule has 0 unspecified atom stereocenters. The van der Waals surface area contributed by atoms with Crippen molar-refractivity contribution in [3.05, 3.63) is 64.5 Å². The van der Waals surface area contributed by atoms with Gasteiger partial charge in [0.1, 0.15) is 5.82 Å². The minimum absolute atomic E-state index is 0.209. The predicted octanol–water partition coefficient (Wildman–Crippen LogP) is 4.41. The Bertz CT molecular complexity index is 674. The number of aryl methyl sites for hydroxylation is 3. The first kappa shape index (κ1) is 16.0. The molecule has 0 saturated carbocycles. The molecule has 0 radical (unpaired) electrons. The number of urea groups is 1. The first-order valence-corrected chi connectivity index (χ1v) is 7.21. The Morgan fingerprint density at radius 3 is 2.36 bits per heavy atom. The van der Waals surface area contributed by atoms with Gasteiger partial charge in [-0.25, -0.2) is 9.18 Å². The van der Waals surface area contributed by atoms with Crippen molar-refractivity contribution >= 4 is 11.7 Å². The van der Waals surface area contributed by atoms with E-state index in [1.165, 1.54) is 22.6 Å². The molecule has 0 aliphatic heterocycles. The maximum absolute atomic E-state index is 13.2. The molecule has 3 nitrogen and oxygen atoms in total. The van der Waals surface area contributed by atoms with Gasteiger partial charge in [-0.1, -0.05) is 29.8 Å². The quantitative estimate of drug-likeness (QED) is 0.894. The van der Waals surface area contributed by atoms with E-state index in [0.29, 0.717) is 6.54 Å². The smallest absolute Gasteiger partial charge is 0.321 e. The summed E-state index contributed by atoms with van der Waals surface area (Å²) in [6.45, 7) is 6.33. The lowest BCUT2D eigenvalue weighted by molar-refractivity contribution is 0.220. The zero-order valence-corrected chi connectivity index (χ0v) is 13.4. The number of anilines is 1. The van der Waals surface area contributed by atoms with E-state index in [-0.39, 0.29) is 11.8 Å². The van der Waals surface area contributed by atoms with Crippen molar-refractivity contribution in [2.24, 2.45) is 0 Å². The molecule has 0 atom stereocenters. The Hall–Kier alpha value is -2.36. The second kappa shape index (κ2) is 6.60. The highest BCUT2D eigenvalue weighted by atomic mass is 19.1. The number of carbonyl (C=O) groups is 1. The van der Waals surface area contributed by atoms with Gasteiger partial charge in [0.05, 0.1) is 0 Å². The molecule has 0 spiro atoms. The highest BCUT2D eigenvalue weighted by molar-refractivity contribution is 5.91. The second-order valence-corrected chi connectivity index (χ2v) is 5.69. The molecule has 0 aliphatic rings. The van der Waals surface area contributed by atoms with Gasteiger partial charge in [-0.15, -0.1) is 0 Å². The lowest BCUT2D eigenvalue weighted by Gasteiger charge is -2.20. The third-order valence-electron chi connectivity index (χ3n) is 3.56. The van der Waals surface area contributed by atoms with E-state index < -0.39 is 0 Å². The van der Waals surface area contributed by atoms with Crippen molar-refractivity contribution in [1.82, 2.24) is 4.90 Å². The Morgan fingerprint density at radius 2 is 1.77 bits per heavy atom. The maximum atomic E-state index is 13.2. The van der Waals surface area contributed by atoms with Crippen LogP contribution >= 0.6 is 0 Å². The van der Waals surface area contributed by atoms with Gasteiger partial charge in [-0.3, -0.25) is 0 Å². The van der Waals surface area contributed by atoms with Gasteiger partial charge in [0.2, 0.25) is 0 Å². The van der Waals surface area contributed by atoms with E-state index in [1.54, 1.807) is 19.2 Å². The molecular formula is C18H21FN2O. The summed E-state index contributed by atoms with van der Waals surface area (Å²) in [5.74, 6) is -0.295. The fourth-order valence-corrected chi connectivity index (χ4v) is 2.56. The van der Waals surface area contributed by atoms with Gasteiger partial charge in [0.25, 0.3) is 0 Å². The number of benzene rings is 2. The number of hydrogen-bond acceptors (Lipinski definition) is 1. The second-order valence-electron chi connectivity index (χ2n) is 5.69. The zero-order valence-electron chi connectivity index (χ0n) is 13.4. The Balaban J connectivity index is 2.09. The van der Waals surface area contributed by atoms with Crippen LogP contribution in [0.4, 0.5) is 14.9 Å². The largest absolute Gasteiger partial charge is 0.323 e.